The highest BCUT2D eigenvalue weighted by atomic mass is 16.1. The van der Waals surface area contributed by atoms with Crippen LogP contribution in [0.15, 0.2) is 0 Å². The third-order valence-corrected chi connectivity index (χ3v) is 4.33. The molecule has 4 heteroatoms. The first-order valence-corrected chi connectivity index (χ1v) is 7.46. The molecule has 1 atom stereocenters. The van der Waals surface area contributed by atoms with Crippen LogP contribution < -0.4 is 10.6 Å². The molecule has 1 unspecified atom stereocenters. The van der Waals surface area contributed by atoms with Crippen molar-refractivity contribution in [3.8, 4) is 0 Å². The van der Waals surface area contributed by atoms with Gasteiger partial charge in [-0.05, 0) is 39.3 Å². The second-order valence-electron chi connectivity index (χ2n) is 5.77. The summed E-state index contributed by atoms with van der Waals surface area (Å²) in [5, 5.41) is 6.40. The predicted molar refractivity (Wildman–Crippen MR) is 73.5 cm³/mol. The first-order valence-electron chi connectivity index (χ1n) is 7.46. The van der Waals surface area contributed by atoms with Crippen molar-refractivity contribution in [3.05, 3.63) is 0 Å². The van der Waals surface area contributed by atoms with Crippen LogP contribution >= 0.6 is 0 Å². The molecule has 1 saturated carbocycles. The third kappa shape index (κ3) is 4.25. The lowest BCUT2D eigenvalue weighted by molar-refractivity contribution is -0.121. The summed E-state index contributed by atoms with van der Waals surface area (Å²) in [4.78, 5) is 14.1. The summed E-state index contributed by atoms with van der Waals surface area (Å²) in [6, 6.07) is 1.16. The largest absolute Gasteiger partial charge is 0.355 e. The van der Waals surface area contributed by atoms with Gasteiger partial charge < -0.3 is 15.5 Å². The van der Waals surface area contributed by atoms with Gasteiger partial charge in [-0.2, -0.15) is 0 Å². The maximum absolute atomic E-state index is 11.7. The molecular formula is C14H27N3O. The molecular weight excluding hydrogens is 226 g/mol. The molecule has 2 aliphatic rings. The highest BCUT2D eigenvalue weighted by Crippen LogP contribution is 2.21. The average molecular weight is 253 g/mol. The minimum Gasteiger partial charge on any atom is -0.355 e. The molecule has 0 aromatic heterocycles. The molecule has 104 valence electrons. The molecule has 1 aliphatic heterocycles. The third-order valence-electron chi connectivity index (χ3n) is 4.33. The fourth-order valence-electron chi connectivity index (χ4n) is 3.13. The van der Waals surface area contributed by atoms with Crippen LogP contribution in [0.3, 0.4) is 0 Å². The zero-order chi connectivity index (χ0) is 12.8. The molecule has 1 aliphatic carbocycles. The van der Waals surface area contributed by atoms with Crippen LogP contribution in [0.5, 0.6) is 0 Å². The van der Waals surface area contributed by atoms with Crippen LogP contribution in [0, 0.1) is 0 Å². The summed E-state index contributed by atoms with van der Waals surface area (Å²) in [6.45, 7) is 2.84. The standard InChI is InChI=1S/C14H27N3O/c1-17(13-6-2-3-7-13)10-9-16-14(18)11-12-5-4-8-15-12/h12-13,15H,2-11H2,1H3,(H,16,18). The Morgan fingerprint density at radius 2 is 2.06 bits per heavy atom. The maximum Gasteiger partial charge on any atom is 0.221 e. The first-order chi connectivity index (χ1) is 8.75. The molecule has 1 amide bonds. The van der Waals surface area contributed by atoms with Gasteiger partial charge >= 0.3 is 0 Å². The average Bonchev–Trinajstić information content (AvgIpc) is 3.00. The van der Waals surface area contributed by atoms with Gasteiger partial charge in [0.15, 0.2) is 0 Å². The van der Waals surface area contributed by atoms with Crippen LogP contribution in [0.4, 0.5) is 0 Å². The maximum atomic E-state index is 11.7. The van der Waals surface area contributed by atoms with E-state index in [0.717, 1.165) is 32.1 Å². The summed E-state index contributed by atoms with van der Waals surface area (Å²) in [7, 11) is 2.18. The Hall–Kier alpha value is -0.610. The normalized spacial score (nSPS) is 24.9. The molecule has 1 heterocycles. The molecule has 18 heavy (non-hydrogen) atoms. The van der Waals surface area contributed by atoms with Crippen molar-refractivity contribution in [1.29, 1.82) is 0 Å². The van der Waals surface area contributed by atoms with Crippen LogP contribution in [0.25, 0.3) is 0 Å². The van der Waals surface area contributed by atoms with E-state index in [1.165, 1.54) is 32.1 Å². The quantitative estimate of drug-likeness (QED) is 0.745. The van der Waals surface area contributed by atoms with Crippen molar-refractivity contribution in [1.82, 2.24) is 15.5 Å². The van der Waals surface area contributed by atoms with E-state index < -0.39 is 0 Å². The summed E-state index contributed by atoms with van der Waals surface area (Å²) in [5.74, 6) is 0.203. The van der Waals surface area contributed by atoms with Crippen molar-refractivity contribution in [2.24, 2.45) is 0 Å². The summed E-state index contributed by atoms with van der Waals surface area (Å²) < 4.78 is 0. The van der Waals surface area contributed by atoms with Gasteiger partial charge in [-0.1, -0.05) is 12.8 Å². The highest BCUT2D eigenvalue weighted by Gasteiger charge is 2.20. The Morgan fingerprint density at radius 3 is 2.72 bits per heavy atom. The van der Waals surface area contributed by atoms with Gasteiger partial charge in [-0.3, -0.25) is 4.79 Å². The SMILES string of the molecule is CN(CCNC(=O)CC1CCCN1)C1CCCC1. The molecule has 0 radical (unpaired) electrons. The summed E-state index contributed by atoms with van der Waals surface area (Å²) >= 11 is 0. The van der Waals surface area contributed by atoms with Crippen LogP contribution in [0.2, 0.25) is 0 Å². The zero-order valence-corrected chi connectivity index (χ0v) is 11.6. The molecule has 1 saturated heterocycles. The van der Waals surface area contributed by atoms with Crippen molar-refractivity contribution < 1.29 is 4.79 Å². The van der Waals surface area contributed by atoms with Gasteiger partial charge in [0.1, 0.15) is 0 Å². The van der Waals surface area contributed by atoms with E-state index in [4.69, 9.17) is 0 Å². The summed E-state index contributed by atoms with van der Waals surface area (Å²) in [6.07, 6.45) is 8.40. The first kappa shape index (κ1) is 13.8. The topological polar surface area (TPSA) is 44.4 Å². The van der Waals surface area contributed by atoms with Crippen molar-refractivity contribution >= 4 is 5.91 Å². The number of carbonyl (C=O) groups excluding carboxylic acids is 1. The van der Waals surface area contributed by atoms with E-state index in [1.54, 1.807) is 0 Å². The van der Waals surface area contributed by atoms with E-state index in [-0.39, 0.29) is 5.91 Å². The van der Waals surface area contributed by atoms with Gasteiger partial charge in [0.25, 0.3) is 0 Å². The van der Waals surface area contributed by atoms with Crippen molar-refractivity contribution in [2.75, 3.05) is 26.7 Å². The van der Waals surface area contributed by atoms with Gasteiger partial charge in [0, 0.05) is 31.6 Å². The van der Waals surface area contributed by atoms with Gasteiger partial charge in [0.05, 0.1) is 0 Å². The number of rotatable bonds is 6. The Labute approximate surface area is 110 Å². The lowest BCUT2D eigenvalue weighted by Crippen LogP contribution is -2.39. The molecule has 2 N–H and O–H groups in total. The van der Waals surface area contributed by atoms with E-state index in [2.05, 4.69) is 22.6 Å². The van der Waals surface area contributed by atoms with Gasteiger partial charge in [-0.15, -0.1) is 0 Å². The molecule has 0 aromatic carbocycles. The van der Waals surface area contributed by atoms with E-state index in [9.17, 15) is 4.79 Å². The van der Waals surface area contributed by atoms with E-state index in [1.807, 2.05) is 0 Å². The minimum atomic E-state index is 0.203. The number of amides is 1. The molecule has 2 rings (SSSR count). The Kier molecular flexibility index (Phi) is 5.45. The van der Waals surface area contributed by atoms with Crippen LogP contribution in [-0.2, 0) is 4.79 Å². The summed E-state index contributed by atoms with van der Waals surface area (Å²) in [5.41, 5.74) is 0. The molecule has 0 spiro atoms. The number of nitrogens with zero attached hydrogens (tertiary/aromatic N) is 1. The lowest BCUT2D eigenvalue weighted by atomic mass is 10.1. The Morgan fingerprint density at radius 1 is 1.28 bits per heavy atom. The fourth-order valence-corrected chi connectivity index (χ4v) is 3.13. The molecule has 0 bridgehead atoms. The van der Waals surface area contributed by atoms with Crippen molar-refractivity contribution in [2.45, 2.75) is 57.0 Å². The van der Waals surface area contributed by atoms with E-state index >= 15 is 0 Å². The second kappa shape index (κ2) is 7.10. The highest BCUT2D eigenvalue weighted by molar-refractivity contribution is 5.76. The predicted octanol–water partition coefficient (Wildman–Crippen LogP) is 1.12. The Bertz CT molecular complexity index is 258. The number of hydrogen-bond donors (Lipinski definition) is 2. The number of hydrogen-bond acceptors (Lipinski definition) is 3. The molecule has 0 aromatic rings. The van der Waals surface area contributed by atoms with Crippen molar-refractivity contribution in [3.63, 3.8) is 0 Å². The van der Waals surface area contributed by atoms with E-state index in [0.29, 0.717) is 12.5 Å². The zero-order valence-electron chi connectivity index (χ0n) is 11.6. The van der Waals surface area contributed by atoms with Gasteiger partial charge in [-0.25, -0.2) is 0 Å². The molecule has 4 nitrogen and oxygen atoms in total. The molecule has 2 fully saturated rings. The minimum absolute atomic E-state index is 0.203. The second-order valence-corrected chi connectivity index (χ2v) is 5.77. The van der Waals surface area contributed by atoms with Crippen LogP contribution in [-0.4, -0.2) is 49.6 Å². The Balaban J connectivity index is 1.55. The smallest absolute Gasteiger partial charge is 0.221 e. The van der Waals surface area contributed by atoms with Crippen LogP contribution in [0.1, 0.15) is 44.9 Å². The number of nitrogens with one attached hydrogen (secondary N) is 2. The number of carbonyl (C=O) groups is 1. The lowest BCUT2D eigenvalue weighted by Gasteiger charge is -2.24. The number of likely N-dealkylation sites (N-methyl/N-ethyl adjacent to an activating group) is 1. The monoisotopic (exact) mass is 253 g/mol. The fraction of sp³-hybridized carbons (Fsp3) is 0.929. The van der Waals surface area contributed by atoms with Gasteiger partial charge in [0.2, 0.25) is 5.91 Å².